The maximum Gasteiger partial charge on any atom is 0.411 e. The number of aromatic nitrogens is 2. The van der Waals surface area contributed by atoms with Crippen molar-refractivity contribution >= 4 is 34.3 Å². The predicted molar refractivity (Wildman–Crippen MR) is 106 cm³/mol. The van der Waals surface area contributed by atoms with Crippen LogP contribution in [-0.2, 0) is 11.2 Å². The van der Waals surface area contributed by atoms with Gasteiger partial charge in [0.25, 0.3) is 0 Å². The highest BCUT2D eigenvalue weighted by Crippen LogP contribution is 2.31. The van der Waals surface area contributed by atoms with E-state index in [0.29, 0.717) is 35.4 Å². The van der Waals surface area contributed by atoms with Crippen molar-refractivity contribution in [3.8, 4) is 11.7 Å². The third-order valence-electron chi connectivity index (χ3n) is 4.06. The second kappa shape index (κ2) is 8.28. The first-order chi connectivity index (χ1) is 13.1. The monoisotopic (exact) mass is 388 g/mol. The minimum absolute atomic E-state index is 0.274. The standard InChI is InChI=1S/C19H21ClN4O3/c1-3-27-19(25)22-15-5-7-17(26-2)23-18(15)24-11-12(8-9-21)14-10-13(20)4-6-16(14)24/h4-7,10-11H,3,8-9,21H2,1-2H3,(H,22,25). The number of ether oxygens (including phenoxy) is 2. The number of methoxy groups -OCH3 is 1. The topological polar surface area (TPSA) is 91.4 Å². The Bertz CT molecular complexity index is 971. The van der Waals surface area contributed by atoms with Crippen LogP contribution >= 0.6 is 11.6 Å². The number of amides is 1. The molecule has 3 N–H and O–H groups in total. The van der Waals surface area contributed by atoms with Crippen LogP contribution < -0.4 is 15.8 Å². The van der Waals surface area contributed by atoms with Crippen molar-refractivity contribution in [2.75, 3.05) is 25.6 Å². The van der Waals surface area contributed by atoms with E-state index in [1.807, 2.05) is 29.0 Å². The highest BCUT2D eigenvalue weighted by Gasteiger charge is 2.16. The van der Waals surface area contributed by atoms with Crippen LogP contribution in [0.1, 0.15) is 12.5 Å². The molecular weight excluding hydrogens is 368 g/mol. The molecule has 0 radical (unpaired) electrons. The van der Waals surface area contributed by atoms with E-state index in [4.69, 9.17) is 26.8 Å². The van der Waals surface area contributed by atoms with E-state index in [2.05, 4.69) is 10.3 Å². The molecule has 27 heavy (non-hydrogen) atoms. The number of nitrogens with zero attached hydrogens (tertiary/aromatic N) is 2. The maximum absolute atomic E-state index is 11.9. The lowest BCUT2D eigenvalue weighted by atomic mass is 10.1. The van der Waals surface area contributed by atoms with Crippen molar-refractivity contribution in [1.29, 1.82) is 0 Å². The molecule has 8 heteroatoms. The van der Waals surface area contributed by atoms with Crippen molar-refractivity contribution in [3.05, 3.63) is 47.1 Å². The molecule has 0 atom stereocenters. The van der Waals surface area contributed by atoms with E-state index in [1.165, 1.54) is 7.11 Å². The van der Waals surface area contributed by atoms with Crippen molar-refractivity contribution in [3.63, 3.8) is 0 Å². The molecule has 0 fully saturated rings. The molecule has 0 aliphatic rings. The SMILES string of the molecule is CCOC(=O)Nc1ccc(OC)nc1-n1cc(CCN)c2cc(Cl)ccc21. The van der Waals surface area contributed by atoms with E-state index >= 15 is 0 Å². The molecule has 0 saturated carbocycles. The van der Waals surface area contributed by atoms with Gasteiger partial charge in [0.1, 0.15) is 0 Å². The minimum Gasteiger partial charge on any atom is -0.481 e. The minimum atomic E-state index is -0.549. The van der Waals surface area contributed by atoms with Crippen molar-refractivity contribution < 1.29 is 14.3 Å². The number of carbonyl (C=O) groups is 1. The number of pyridine rings is 1. The normalized spacial score (nSPS) is 10.8. The van der Waals surface area contributed by atoms with E-state index in [1.54, 1.807) is 19.1 Å². The summed E-state index contributed by atoms with van der Waals surface area (Å²) >= 11 is 6.18. The average molecular weight is 389 g/mol. The lowest BCUT2D eigenvalue weighted by Crippen LogP contribution is -2.15. The molecule has 142 valence electrons. The first kappa shape index (κ1) is 19.0. The maximum atomic E-state index is 11.9. The van der Waals surface area contributed by atoms with Gasteiger partial charge in [-0.25, -0.2) is 4.79 Å². The Morgan fingerprint density at radius 3 is 2.85 bits per heavy atom. The number of hydrogen-bond acceptors (Lipinski definition) is 5. The summed E-state index contributed by atoms with van der Waals surface area (Å²) in [6.45, 7) is 2.52. The number of carbonyl (C=O) groups excluding carboxylic acids is 1. The molecule has 0 saturated heterocycles. The van der Waals surface area contributed by atoms with Gasteiger partial charge in [0, 0.05) is 22.7 Å². The molecule has 1 aromatic carbocycles. The Kier molecular flexibility index (Phi) is 5.83. The van der Waals surface area contributed by atoms with Crippen LogP contribution in [0.15, 0.2) is 36.5 Å². The Labute approximate surface area is 162 Å². The first-order valence-electron chi connectivity index (χ1n) is 8.56. The van der Waals surface area contributed by atoms with Gasteiger partial charge >= 0.3 is 6.09 Å². The van der Waals surface area contributed by atoms with Gasteiger partial charge in [-0.15, -0.1) is 0 Å². The summed E-state index contributed by atoms with van der Waals surface area (Å²) in [5, 5.41) is 4.35. The molecule has 0 aliphatic heterocycles. The Morgan fingerprint density at radius 1 is 1.33 bits per heavy atom. The second-order valence-electron chi connectivity index (χ2n) is 5.79. The van der Waals surface area contributed by atoms with E-state index in [0.717, 1.165) is 16.5 Å². The zero-order valence-electron chi connectivity index (χ0n) is 15.2. The Balaban J connectivity index is 2.18. The van der Waals surface area contributed by atoms with E-state index < -0.39 is 6.09 Å². The summed E-state index contributed by atoms with van der Waals surface area (Å²) in [6.07, 6.45) is 2.09. The highest BCUT2D eigenvalue weighted by atomic mass is 35.5. The fourth-order valence-corrected chi connectivity index (χ4v) is 3.08. The molecule has 0 bridgehead atoms. The van der Waals surface area contributed by atoms with Gasteiger partial charge in [-0.2, -0.15) is 4.98 Å². The largest absolute Gasteiger partial charge is 0.481 e. The fourth-order valence-electron chi connectivity index (χ4n) is 2.90. The predicted octanol–water partition coefficient (Wildman–Crippen LogP) is 3.76. The Morgan fingerprint density at radius 2 is 2.15 bits per heavy atom. The van der Waals surface area contributed by atoms with Crippen LogP contribution in [0, 0.1) is 0 Å². The zero-order chi connectivity index (χ0) is 19.4. The average Bonchev–Trinajstić information content (AvgIpc) is 3.00. The number of anilines is 1. The molecule has 0 unspecified atom stereocenters. The van der Waals surface area contributed by atoms with Crippen molar-refractivity contribution in [2.24, 2.45) is 5.73 Å². The molecule has 0 aliphatic carbocycles. The summed E-state index contributed by atoms with van der Waals surface area (Å²) < 4.78 is 12.1. The second-order valence-corrected chi connectivity index (χ2v) is 6.23. The van der Waals surface area contributed by atoms with Gasteiger partial charge < -0.3 is 15.2 Å². The van der Waals surface area contributed by atoms with Crippen LogP contribution in [0.4, 0.5) is 10.5 Å². The zero-order valence-corrected chi connectivity index (χ0v) is 15.9. The number of hydrogen-bond donors (Lipinski definition) is 2. The summed E-state index contributed by atoms with van der Waals surface area (Å²) in [6, 6.07) is 9.02. The quantitative estimate of drug-likeness (QED) is 0.670. The number of benzene rings is 1. The van der Waals surface area contributed by atoms with Crippen LogP contribution in [0.25, 0.3) is 16.7 Å². The van der Waals surface area contributed by atoms with Gasteiger partial charge in [-0.1, -0.05) is 11.6 Å². The van der Waals surface area contributed by atoms with E-state index in [9.17, 15) is 4.79 Å². The smallest absolute Gasteiger partial charge is 0.411 e. The van der Waals surface area contributed by atoms with Crippen molar-refractivity contribution in [2.45, 2.75) is 13.3 Å². The molecule has 7 nitrogen and oxygen atoms in total. The number of rotatable bonds is 6. The van der Waals surface area contributed by atoms with Crippen LogP contribution in [0.3, 0.4) is 0 Å². The highest BCUT2D eigenvalue weighted by molar-refractivity contribution is 6.31. The molecule has 3 aromatic rings. The van der Waals surface area contributed by atoms with Crippen LogP contribution in [-0.4, -0.2) is 35.9 Å². The van der Waals surface area contributed by atoms with Gasteiger partial charge in [-0.3, -0.25) is 9.88 Å². The summed E-state index contributed by atoms with van der Waals surface area (Å²) in [4.78, 5) is 16.5. The number of nitrogens with one attached hydrogen (secondary N) is 1. The van der Waals surface area contributed by atoms with Gasteiger partial charge in [0.05, 0.1) is 24.9 Å². The van der Waals surface area contributed by atoms with Crippen molar-refractivity contribution in [1.82, 2.24) is 9.55 Å². The Hall–Kier alpha value is -2.77. The summed E-state index contributed by atoms with van der Waals surface area (Å²) in [5.41, 5.74) is 8.20. The molecule has 3 rings (SSSR count). The summed E-state index contributed by atoms with van der Waals surface area (Å²) in [5.74, 6) is 0.939. The number of nitrogens with two attached hydrogens (primary N) is 1. The lowest BCUT2D eigenvalue weighted by molar-refractivity contribution is 0.168. The molecule has 2 heterocycles. The first-order valence-corrected chi connectivity index (χ1v) is 8.94. The number of halogens is 1. The molecule has 1 amide bonds. The van der Waals surface area contributed by atoms with Crippen LogP contribution in [0.5, 0.6) is 5.88 Å². The van der Waals surface area contributed by atoms with Gasteiger partial charge in [0.2, 0.25) is 5.88 Å². The lowest BCUT2D eigenvalue weighted by Gasteiger charge is -2.13. The van der Waals surface area contributed by atoms with Gasteiger partial charge in [-0.05, 0) is 49.7 Å². The van der Waals surface area contributed by atoms with Crippen LogP contribution in [0.2, 0.25) is 5.02 Å². The molecular formula is C19H21ClN4O3. The number of fused-ring (bicyclic) bond motifs is 1. The third kappa shape index (κ3) is 3.99. The molecule has 0 spiro atoms. The molecule has 2 aromatic heterocycles. The van der Waals surface area contributed by atoms with Gasteiger partial charge in [0.15, 0.2) is 5.82 Å². The van der Waals surface area contributed by atoms with E-state index in [-0.39, 0.29) is 6.61 Å². The summed E-state index contributed by atoms with van der Waals surface area (Å²) in [7, 11) is 1.54. The fraction of sp³-hybridized carbons (Fsp3) is 0.263. The third-order valence-corrected chi connectivity index (χ3v) is 4.30.